The van der Waals surface area contributed by atoms with E-state index in [1.54, 1.807) is 0 Å². The van der Waals surface area contributed by atoms with Crippen LogP contribution < -0.4 is 5.32 Å². The first kappa shape index (κ1) is 23.1. The monoisotopic (exact) mass is 419 g/mol. The van der Waals surface area contributed by atoms with Gasteiger partial charge < -0.3 is 9.88 Å². The normalized spacial score (nSPS) is 12.2. The van der Waals surface area contributed by atoms with Crippen molar-refractivity contribution in [3.63, 3.8) is 0 Å². The van der Waals surface area contributed by atoms with Crippen molar-refractivity contribution in [1.29, 1.82) is 0 Å². The lowest BCUT2D eigenvalue weighted by Gasteiger charge is -2.17. The van der Waals surface area contributed by atoms with Gasteiger partial charge in [0.05, 0.1) is 23.5 Å². The fraction of sp³-hybridized carbons (Fsp3) is 0.481. The Morgan fingerprint density at radius 3 is 2.42 bits per heavy atom. The molecule has 0 saturated carbocycles. The zero-order chi connectivity index (χ0) is 22.1. The van der Waals surface area contributed by atoms with Gasteiger partial charge in [0.1, 0.15) is 5.82 Å². The Labute approximate surface area is 187 Å². The minimum atomic E-state index is -0.131. The van der Waals surface area contributed by atoms with E-state index in [2.05, 4.69) is 35.0 Å². The second kappa shape index (κ2) is 11.7. The highest BCUT2D eigenvalue weighted by Crippen LogP contribution is 2.22. The minimum Gasteiger partial charge on any atom is -0.346 e. The largest absolute Gasteiger partial charge is 0.346 e. The van der Waals surface area contributed by atoms with Crippen LogP contribution in [-0.4, -0.2) is 15.5 Å². The number of amides is 1. The van der Waals surface area contributed by atoms with Crippen molar-refractivity contribution in [2.75, 3.05) is 0 Å². The van der Waals surface area contributed by atoms with E-state index in [0.717, 1.165) is 41.0 Å². The Morgan fingerprint density at radius 1 is 0.968 bits per heavy atom. The third-order valence-corrected chi connectivity index (χ3v) is 6.05. The van der Waals surface area contributed by atoms with Crippen LogP contribution in [0.25, 0.3) is 11.0 Å². The molecule has 0 bridgehead atoms. The van der Waals surface area contributed by atoms with Gasteiger partial charge in [0.2, 0.25) is 5.91 Å². The third kappa shape index (κ3) is 6.43. The molecule has 0 aliphatic heterocycles. The third-order valence-electron chi connectivity index (χ3n) is 6.05. The molecule has 1 heterocycles. The van der Waals surface area contributed by atoms with Gasteiger partial charge in [0.15, 0.2) is 0 Å². The van der Waals surface area contributed by atoms with Crippen molar-refractivity contribution in [3.8, 4) is 0 Å². The molecule has 1 N–H and O–H groups in total. The van der Waals surface area contributed by atoms with Crippen molar-refractivity contribution < 1.29 is 4.79 Å². The van der Waals surface area contributed by atoms with E-state index in [1.807, 2.05) is 44.2 Å². The van der Waals surface area contributed by atoms with Crippen molar-refractivity contribution in [2.24, 2.45) is 0 Å². The summed E-state index contributed by atoms with van der Waals surface area (Å²) in [6.45, 7) is 7.29. The molecule has 3 aromatic rings. The van der Waals surface area contributed by atoms with Crippen LogP contribution in [0.15, 0.2) is 48.5 Å². The van der Waals surface area contributed by atoms with Gasteiger partial charge in [-0.2, -0.15) is 0 Å². The zero-order valence-corrected chi connectivity index (χ0v) is 19.4. The predicted octanol–water partition coefficient (Wildman–Crippen LogP) is 6.52. The molecule has 2 aromatic carbocycles. The van der Waals surface area contributed by atoms with Gasteiger partial charge in [-0.1, -0.05) is 81.8 Å². The maximum atomic E-state index is 12.7. The number of carbonyl (C=O) groups is 1. The Bertz CT molecular complexity index is 976. The maximum absolute atomic E-state index is 12.7. The summed E-state index contributed by atoms with van der Waals surface area (Å²) in [6.07, 6.45) is 9.39. The molecular formula is C27H37N3O. The Balaban J connectivity index is 1.65. The maximum Gasteiger partial charge on any atom is 0.225 e. The number of benzene rings is 2. The summed E-state index contributed by atoms with van der Waals surface area (Å²) in [4.78, 5) is 17.6. The van der Waals surface area contributed by atoms with E-state index < -0.39 is 0 Å². The molecule has 0 aliphatic carbocycles. The minimum absolute atomic E-state index is 0.0383. The van der Waals surface area contributed by atoms with Gasteiger partial charge >= 0.3 is 0 Å². The fourth-order valence-electron chi connectivity index (χ4n) is 4.23. The van der Waals surface area contributed by atoms with Crippen molar-refractivity contribution >= 4 is 16.9 Å². The molecule has 0 radical (unpaired) electrons. The fourth-order valence-corrected chi connectivity index (χ4v) is 4.23. The second-order valence-electron chi connectivity index (χ2n) is 8.62. The molecule has 1 amide bonds. The molecule has 0 saturated heterocycles. The Kier molecular flexibility index (Phi) is 8.69. The predicted molar refractivity (Wildman–Crippen MR) is 129 cm³/mol. The molecule has 0 aliphatic rings. The molecule has 0 spiro atoms. The molecule has 1 unspecified atom stereocenters. The smallest absolute Gasteiger partial charge is 0.225 e. The number of nitrogens with zero attached hydrogens (tertiary/aromatic N) is 2. The summed E-state index contributed by atoms with van der Waals surface area (Å²) in [5.74, 6) is 0.988. The van der Waals surface area contributed by atoms with Crippen LogP contribution in [0.4, 0.5) is 0 Å². The summed E-state index contributed by atoms with van der Waals surface area (Å²) in [5.41, 5.74) is 4.38. The molecule has 3 rings (SSSR count). The van der Waals surface area contributed by atoms with Gasteiger partial charge in [-0.05, 0) is 43.5 Å². The first-order chi connectivity index (χ1) is 15.1. The van der Waals surface area contributed by atoms with Gasteiger partial charge in [-0.3, -0.25) is 4.79 Å². The summed E-state index contributed by atoms with van der Waals surface area (Å²) < 4.78 is 2.31. The molecule has 31 heavy (non-hydrogen) atoms. The van der Waals surface area contributed by atoms with Crippen LogP contribution in [0.1, 0.15) is 81.8 Å². The molecule has 1 aromatic heterocycles. The molecule has 4 nitrogen and oxygen atoms in total. The number of rotatable bonds is 12. The van der Waals surface area contributed by atoms with Crippen LogP contribution in [0.3, 0.4) is 0 Å². The van der Waals surface area contributed by atoms with Crippen LogP contribution in [0.2, 0.25) is 0 Å². The van der Waals surface area contributed by atoms with Crippen molar-refractivity contribution in [3.05, 3.63) is 65.5 Å². The van der Waals surface area contributed by atoms with Gasteiger partial charge in [-0.15, -0.1) is 0 Å². The quantitative estimate of drug-likeness (QED) is 0.340. The summed E-state index contributed by atoms with van der Waals surface area (Å²) in [5, 5.41) is 3.18. The average Bonchev–Trinajstić information content (AvgIpc) is 3.13. The van der Waals surface area contributed by atoms with Crippen LogP contribution in [0.5, 0.6) is 0 Å². The van der Waals surface area contributed by atoms with E-state index in [0.29, 0.717) is 6.42 Å². The van der Waals surface area contributed by atoms with Crippen LogP contribution >= 0.6 is 0 Å². The second-order valence-corrected chi connectivity index (χ2v) is 8.62. The van der Waals surface area contributed by atoms with E-state index in [9.17, 15) is 4.79 Å². The molecule has 1 atom stereocenters. The van der Waals surface area contributed by atoms with Gasteiger partial charge in [-0.25, -0.2) is 4.98 Å². The molecular weight excluding hydrogens is 382 g/mol. The highest BCUT2D eigenvalue weighted by molar-refractivity contribution is 5.80. The van der Waals surface area contributed by atoms with Crippen LogP contribution in [-0.2, 0) is 17.8 Å². The molecule has 0 fully saturated rings. The number of imidazole rings is 1. The number of para-hydroxylation sites is 2. The van der Waals surface area contributed by atoms with Gasteiger partial charge in [0.25, 0.3) is 0 Å². The SMILES string of the molecule is CCCCCCCCCn1c(C(C)NC(=O)Cc2ccccc2C)nc2ccccc21. The summed E-state index contributed by atoms with van der Waals surface area (Å²) in [7, 11) is 0. The van der Waals surface area contributed by atoms with Crippen molar-refractivity contribution in [1.82, 2.24) is 14.9 Å². The number of nitrogens with one attached hydrogen (secondary N) is 1. The van der Waals surface area contributed by atoms with Gasteiger partial charge in [0, 0.05) is 6.54 Å². The first-order valence-corrected chi connectivity index (χ1v) is 11.9. The van der Waals surface area contributed by atoms with E-state index in [1.165, 1.54) is 38.5 Å². The number of hydrogen-bond acceptors (Lipinski definition) is 2. The van der Waals surface area contributed by atoms with Crippen molar-refractivity contribution in [2.45, 2.75) is 84.7 Å². The number of aryl methyl sites for hydroxylation is 2. The highest BCUT2D eigenvalue weighted by Gasteiger charge is 2.18. The Morgan fingerprint density at radius 2 is 1.65 bits per heavy atom. The van der Waals surface area contributed by atoms with E-state index in [4.69, 9.17) is 4.98 Å². The Hall–Kier alpha value is -2.62. The molecule has 4 heteroatoms. The number of hydrogen-bond donors (Lipinski definition) is 1. The average molecular weight is 420 g/mol. The lowest BCUT2D eigenvalue weighted by molar-refractivity contribution is -0.121. The highest BCUT2D eigenvalue weighted by atomic mass is 16.1. The lowest BCUT2D eigenvalue weighted by atomic mass is 10.1. The van der Waals surface area contributed by atoms with Crippen LogP contribution in [0, 0.1) is 6.92 Å². The van der Waals surface area contributed by atoms with E-state index >= 15 is 0 Å². The number of aromatic nitrogens is 2. The first-order valence-electron chi connectivity index (χ1n) is 11.9. The number of carbonyl (C=O) groups excluding carboxylic acids is 1. The zero-order valence-electron chi connectivity index (χ0n) is 19.4. The van der Waals surface area contributed by atoms with E-state index in [-0.39, 0.29) is 11.9 Å². The lowest BCUT2D eigenvalue weighted by Crippen LogP contribution is -2.30. The number of fused-ring (bicyclic) bond motifs is 1. The topological polar surface area (TPSA) is 46.9 Å². The summed E-state index contributed by atoms with van der Waals surface area (Å²) >= 11 is 0. The molecule has 166 valence electrons. The number of unbranched alkanes of at least 4 members (excludes halogenated alkanes) is 6. The summed E-state index contributed by atoms with van der Waals surface area (Å²) in [6, 6.07) is 16.2. The standard InChI is InChI=1S/C27H37N3O/c1-4-5-6-7-8-9-14-19-30-25-18-13-12-17-24(25)29-27(30)22(3)28-26(31)20-23-16-11-10-15-21(23)2/h10-13,15-18,22H,4-9,14,19-20H2,1-3H3,(H,28,31).